The molecule has 0 bridgehead atoms. The van der Waals surface area contributed by atoms with Crippen LogP contribution in [0.4, 0.5) is 6.01 Å². The molecule has 1 aromatic heterocycles. The zero-order valence-electron chi connectivity index (χ0n) is 20.3. The smallest absolute Gasteiger partial charge is 0.335 e. The number of benzene rings is 2. The second-order valence-electron chi connectivity index (χ2n) is 9.69. The molecule has 5 rings (SSSR count). The van der Waals surface area contributed by atoms with E-state index in [0.717, 1.165) is 49.5 Å². The molecule has 1 fully saturated rings. The van der Waals surface area contributed by atoms with Crippen molar-refractivity contribution in [2.75, 3.05) is 25.0 Å². The lowest BCUT2D eigenvalue weighted by atomic mass is 9.99. The maximum Gasteiger partial charge on any atom is 0.335 e. The highest BCUT2D eigenvalue weighted by Gasteiger charge is 2.26. The third-order valence-corrected chi connectivity index (χ3v) is 6.43. The SMILES string of the molecule is CCOc1cc(CN2CCC(Nc3nc4ccc(C(=O)O)cc4o3)CC2)cc2c1OC(C)(C)C=C2. The number of hydrogen-bond acceptors (Lipinski definition) is 7. The van der Waals surface area contributed by atoms with Crippen molar-refractivity contribution in [3.8, 4) is 11.5 Å². The number of likely N-dealkylation sites (tertiary alicyclic amines) is 1. The molecular formula is C27H31N3O5. The maximum absolute atomic E-state index is 11.2. The van der Waals surface area contributed by atoms with Crippen LogP contribution in [0, 0.1) is 0 Å². The summed E-state index contributed by atoms with van der Waals surface area (Å²) in [4.78, 5) is 18.1. The van der Waals surface area contributed by atoms with Crippen LogP contribution in [0.3, 0.4) is 0 Å². The molecule has 8 heteroatoms. The van der Waals surface area contributed by atoms with E-state index in [2.05, 4.69) is 39.5 Å². The van der Waals surface area contributed by atoms with Crippen LogP contribution in [0.5, 0.6) is 11.5 Å². The summed E-state index contributed by atoms with van der Waals surface area (Å²) < 4.78 is 17.9. The standard InChI is InChI=1S/C27H31N3O5/c1-4-33-23-14-17(13-18-7-10-27(2,3)35-24(18)23)16-30-11-8-20(9-12-30)28-26-29-21-6-5-19(25(31)32)15-22(21)34-26/h5-7,10,13-15,20H,4,8-9,11-12,16H2,1-3H3,(H,28,29)(H,31,32). The van der Waals surface area contributed by atoms with Crippen LogP contribution in [-0.4, -0.2) is 52.3 Å². The topological polar surface area (TPSA) is 97.1 Å². The van der Waals surface area contributed by atoms with Crippen LogP contribution in [0.15, 0.2) is 40.8 Å². The lowest BCUT2D eigenvalue weighted by molar-refractivity contribution is 0.0697. The Morgan fingerprint density at radius 3 is 2.80 bits per heavy atom. The zero-order valence-corrected chi connectivity index (χ0v) is 20.3. The van der Waals surface area contributed by atoms with Gasteiger partial charge < -0.3 is 24.3 Å². The molecule has 3 aromatic rings. The number of hydrogen-bond donors (Lipinski definition) is 2. The van der Waals surface area contributed by atoms with E-state index in [-0.39, 0.29) is 17.2 Å². The molecule has 1 saturated heterocycles. The van der Waals surface area contributed by atoms with Crippen LogP contribution in [0.25, 0.3) is 17.2 Å². The fourth-order valence-electron chi connectivity index (χ4n) is 4.65. The van der Waals surface area contributed by atoms with Crippen LogP contribution in [-0.2, 0) is 6.54 Å². The van der Waals surface area contributed by atoms with Gasteiger partial charge in [-0.15, -0.1) is 0 Å². The molecule has 184 valence electrons. The maximum atomic E-state index is 11.2. The van der Waals surface area contributed by atoms with Gasteiger partial charge in [0.25, 0.3) is 6.01 Å². The Bertz CT molecular complexity index is 1270. The Labute approximate surface area is 204 Å². The van der Waals surface area contributed by atoms with Gasteiger partial charge in [0.15, 0.2) is 17.1 Å². The van der Waals surface area contributed by atoms with Crippen LogP contribution >= 0.6 is 0 Å². The van der Waals surface area contributed by atoms with Gasteiger partial charge in [0.05, 0.1) is 12.2 Å². The molecule has 35 heavy (non-hydrogen) atoms. The van der Waals surface area contributed by atoms with Crippen molar-refractivity contribution < 1.29 is 23.8 Å². The van der Waals surface area contributed by atoms with Gasteiger partial charge in [-0.1, -0.05) is 6.08 Å². The van der Waals surface area contributed by atoms with Gasteiger partial charge in [-0.3, -0.25) is 4.90 Å². The lowest BCUT2D eigenvalue weighted by Crippen LogP contribution is -2.38. The molecular weight excluding hydrogens is 446 g/mol. The van der Waals surface area contributed by atoms with E-state index in [4.69, 9.17) is 19.0 Å². The van der Waals surface area contributed by atoms with Gasteiger partial charge in [-0.25, -0.2) is 4.79 Å². The van der Waals surface area contributed by atoms with Gasteiger partial charge in [-0.05, 0) is 75.6 Å². The minimum absolute atomic E-state index is 0.189. The zero-order chi connectivity index (χ0) is 24.6. The van der Waals surface area contributed by atoms with Crippen molar-refractivity contribution in [1.82, 2.24) is 9.88 Å². The lowest BCUT2D eigenvalue weighted by Gasteiger charge is -2.33. The molecule has 0 spiro atoms. The number of nitrogens with one attached hydrogen (secondary N) is 1. The number of carboxylic acid groups (broad SMARTS) is 1. The molecule has 2 aliphatic heterocycles. The van der Waals surface area contributed by atoms with Gasteiger partial charge in [0, 0.05) is 31.2 Å². The Balaban J connectivity index is 1.21. The van der Waals surface area contributed by atoms with Gasteiger partial charge in [-0.2, -0.15) is 4.98 Å². The summed E-state index contributed by atoms with van der Waals surface area (Å²) in [6.45, 7) is 9.41. The van der Waals surface area contributed by atoms with Crippen LogP contribution < -0.4 is 14.8 Å². The number of carbonyl (C=O) groups is 1. The normalized spacial score (nSPS) is 17.7. The van der Waals surface area contributed by atoms with Gasteiger partial charge >= 0.3 is 5.97 Å². The van der Waals surface area contributed by atoms with Crippen molar-refractivity contribution in [1.29, 1.82) is 0 Å². The molecule has 2 aromatic carbocycles. The Kier molecular flexibility index (Phi) is 6.15. The number of ether oxygens (including phenoxy) is 2. The highest BCUT2D eigenvalue weighted by Crippen LogP contribution is 2.40. The van der Waals surface area contributed by atoms with Crippen molar-refractivity contribution in [2.45, 2.75) is 51.8 Å². The Morgan fingerprint density at radius 1 is 1.26 bits per heavy atom. The first-order chi connectivity index (χ1) is 16.8. The fourth-order valence-corrected chi connectivity index (χ4v) is 4.65. The van der Waals surface area contributed by atoms with E-state index in [0.29, 0.717) is 23.7 Å². The summed E-state index contributed by atoms with van der Waals surface area (Å²) in [5.41, 5.74) is 3.23. The number of carboxylic acids is 1. The highest BCUT2D eigenvalue weighted by atomic mass is 16.5. The number of aromatic carboxylic acids is 1. The second-order valence-corrected chi connectivity index (χ2v) is 9.69. The predicted molar refractivity (Wildman–Crippen MR) is 134 cm³/mol. The molecule has 3 heterocycles. The van der Waals surface area contributed by atoms with Crippen molar-refractivity contribution in [3.63, 3.8) is 0 Å². The second kappa shape index (κ2) is 9.26. The molecule has 0 unspecified atom stereocenters. The third kappa shape index (κ3) is 5.12. The van der Waals surface area contributed by atoms with Crippen LogP contribution in [0.1, 0.15) is 55.1 Å². The largest absolute Gasteiger partial charge is 0.490 e. The van der Waals surface area contributed by atoms with E-state index in [1.807, 2.05) is 20.8 Å². The third-order valence-electron chi connectivity index (χ3n) is 6.43. The number of aromatic nitrogens is 1. The van der Waals surface area contributed by atoms with Crippen molar-refractivity contribution in [2.24, 2.45) is 0 Å². The number of oxazole rings is 1. The summed E-state index contributed by atoms with van der Waals surface area (Å²) in [6, 6.07) is 9.70. The summed E-state index contributed by atoms with van der Waals surface area (Å²) in [5.74, 6) is 0.640. The summed E-state index contributed by atoms with van der Waals surface area (Å²) in [6.07, 6.45) is 6.13. The number of anilines is 1. The predicted octanol–water partition coefficient (Wildman–Crippen LogP) is 5.19. The molecule has 0 aliphatic carbocycles. The van der Waals surface area contributed by atoms with Gasteiger partial charge in [0.1, 0.15) is 11.1 Å². The van der Waals surface area contributed by atoms with Crippen LogP contribution in [0.2, 0.25) is 0 Å². The molecule has 0 saturated carbocycles. The average molecular weight is 478 g/mol. The number of rotatable bonds is 7. The Morgan fingerprint density at radius 2 is 2.06 bits per heavy atom. The number of nitrogens with zero attached hydrogens (tertiary/aromatic N) is 2. The quantitative estimate of drug-likeness (QED) is 0.480. The van der Waals surface area contributed by atoms with E-state index >= 15 is 0 Å². The molecule has 2 N–H and O–H groups in total. The molecule has 0 radical (unpaired) electrons. The monoisotopic (exact) mass is 477 g/mol. The van der Waals surface area contributed by atoms with E-state index in [9.17, 15) is 4.79 Å². The number of fused-ring (bicyclic) bond motifs is 2. The highest BCUT2D eigenvalue weighted by molar-refractivity contribution is 5.92. The minimum atomic E-state index is -0.982. The first kappa shape index (κ1) is 23.2. The number of piperidine rings is 1. The first-order valence-electron chi connectivity index (χ1n) is 12.1. The van der Waals surface area contributed by atoms with Crippen molar-refractivity contribution in [3.05, 3.63) is 53.1 Å². The fraction of sp³-hybridized carbons (Fsp3) is 0.407. The summed E-state index contributed by atoms with van der Waals surface area (Å²) in [7, 11) is 0. The molecule has 0 atom stereocenters. The molecule has 8 nitrogen and oxygen atoms in total. The van der Waals surface area contributed by atoms with Crippen molar-refractivity contribution >= 4 is 29.2 Å². The first-order valence-corrected chi connectivity index (χ1v) is 12.1. The Hall–Kier alpha value is -3.52. The molecule has 0 amide bonds. The molecule has 2 aliphatic rings. The summed E-state index contributed by atoms with van der Waals surface area (Å²) >= 11 is 0. The minimum Gasteiger partial charge on any atom is -0.490 e. The van der Waals surface area contributed by atoms with E-state index < -0.39 is 5.97 Å². The summed E-state index contributed by atoms with van der Waals surface area (Å²) in [5, 5.41) is 12.5. The van der Waals surface area contributed by atoms with Gasteiger partial charge in [0.2, 0.25) is 0 Å². The van der Waals surface area contributed by atoms with E-state index in [1.54, 1.807) is 6.07 Å². The average Bonchev–Trinajstić information content (AvgIpc) is 3.22. The van der Waals surface area contributed by atoms with E-state index in [1.165, 1.54) is 17.7 Å².